The van der Waals surface area contributed by atoms with Crippen molar-refractivity contribution in [2.45, 2.75) is 25.7 Å². The number of hydrogen-bond acceptors (Lipinski definition) is 3. The third kappa shape index (κ3) is 3.62. The Bertz CT molecular complexity index is 567. The lowest BCUT2D eigenvalue weighted by Gasteiger charge is -2.16. The quantitative estimate of drug-likeness (QED) is 0.806. The minimum absolute atomic E-state index is 0.122. The molecule has 4 heteroatoms. The maximum Gasteiger partial charge on any atom is 0.271 e. The number of carbonyl (C=O) groups is 1. The highest BCUT2D eigenvalue weighted by molar-refractivity contribution is 5.94. The Kier molecular flexibility index (Phi) is 4.21. The third-order valence-corrected chi connectivity index (χ3v) is 4.30. The van der Waals surface area contributed by atoms with E-state index in [1.54, 1.807) is 12.3 Å². The number of pyridine rings is 1. The van der Waals surface area contributed by atoms with Gasteiger partial charge in [-0.2, -0.15) is 0 Å². The van der Waals surface area contributed by atoms with Crippen LogP contribution in [-0.4, -0.2) is 24.0 Å². The summed E-state index contributed by atoms with van der Waals surface area (Å²) in [7, 11) is 0. The van der Waals surface area contributed by atoms with Crippen molar-refractivity contribution >= 4 is 5.91 Å². The molecule has 4 nitrogen and oxygen atoms in total. The van der Waals surface area contributed by atoms with Crippen LogP contribution in [0, 0.1) is 29.6 Å². The lowest BCUT2D eigenvalue weighted by Crippen LogP contribution is -2.32. The van der Waals surface area contributed by atoms with E-state index in [-0.39, 0.29) is 12.5 Å². The zero-order valence-electron chi connectivity index (χ0n) is 12.1. The van der Waals surface area contributed by atoms with Crippen LogP contribution in [0.1, 0.15) is 41.7 Å². The van der Waals surface area contributed by atoms with Gasteiger partial charge in [0.1, 0.15) is 5.69 Å². The number of hydrogen-bond donors (Lipinski definition) is 2. The van der Waals surface area contributed by atoms with Crippen LogP contribution in [0.25, 0.3) is 0 Å². The van der Waals surface area contributed by atoms with Gasteiger partial charge in [0.05, 0.1) is 12.1 Å². The van der Waals surface area contributed by atoms with E-state index in [0.717, 1.165) is 18.4 Å². The fourth-order valence-electron chi connectivity index (χ4n) is 2.89. The van der Waals surface area contributed by atoms with Gasteiger partial charge in [-0.1, -0.05) is 11.8 Å². The fourth-order valence-corrected chi connectivity index (χ4v) is 2.89. The van der Waals surface area contributed by atoms with Gasteiger partial charge in [-0.25, -0.2) is 4.98 Å². The number of nitrogens with two attached hydrogens (primary N) is 1. The molecule has 0 atom stereocenters. The van der Waals surface area contributed by atoms with Gasteiger partial charge in [0, 0.05) is 12.7 Å². The molecule has 1 heterocycles. The predicted molar refractivity (Wildman–Crippen MR) is 81.4 cm³/mol. The highest BCUT2D eigenvalue weighted by atomic mass is 16.1. The largest absolute Gasteiger partial charge is 0.350 e. The van der Waals surface area contributed by atoms with Gasteiger partial charge in [0.25, 0.3) is 5.91 Å². The molecular formula is C17H21N3O. The minimum atomic E-state index is -0.122. The van der Waals surface area contributed by atoms with Crippen molar-refractivity contribution in [3.63, 3.8) is 0 Å². The van der Waals surface area contributed by atoms with E-state index in [2.05, 4.69) is 22.1 Å². The summed E-state index contributed by atoms with van der Waals surface area (Å²) < 4.78 is 0. The van der Waals surface area contributed by atoms with E-state index in [1.807, 2.05) is 6.07 Å². The first-order chi connectivity index (χ1) is 10.3. The monoisotopic (exact) mass is 283 g/mol. The third-order valence-electron chi connectivity index (χ3n) is 4.30. The standard InChI is InChI=1S/C17H21N3O/c18-9-1-3-14-4-2-10-19-16(14)17(21)20-11-15(12-5-6-12)13-7-8-13/h2,4,10,12-13,15H,5-9,11,18H2,(H,20,21). The Morgan fingerprint density at radius 3 is 2.71 bits per heavy atom. The molecule has 3 rings (SSSR count). The molecule has 1 aromatic heterocycles. The zero-order valence-corrected chi connectivity index (χ0v) is 12.1. The summed E-state index contributed by atoms with van der Waals surface area (Å²) in [6, 6.07) is 3.60. The van der Waals surface area contributed by atoms with Crippen molar-refractivity contribution in [3.05, 3.63) is 29.6 Å². The maximum absolute atomic E-state index is 12.3. The Hall–Kier alpha value is -1.86. The van der Waals surface area contributed by atoms with Crippen molar-refractivity contribution in [2.75, 3.05) is 13.1 Å². The van der Waals surface area contributed by atoms with Crippen LogP contribution in [-0.2, 0) is 0 Å². The molecule has 2 aliphatic rings. The van der Waals surface area contributed by atoms with E-state index in [1.165, 1.54) is 25.7 Å². The average Bonchev–Trinajstić information content (AvgIpc) is 3.38. The first-order valence-electron chi connectivity index (χ1n) is 7.71. The number of aromatic nitrogens is 1. The van der Waals surface area contributed by atoms with E-state index in [0.29, 0.717) is 17.2 Å². The number of rotatable bonds is 5. The Morgan fingerprint density at radius 2 is 2.10 bits per heavy atom. The Labute approximate surface area is 125 Å². The van der Waals surface area contributed by atoms with Crippen LogP contribution >= 0.6 is 0 Å². The number of carbonyl (C=O) groups excluding carboxylic acids is 1. The number of nitrogens with zero attached hydrogens (tertiary/aromatic N) is 1. The molecule has 3 N–H and O–H groups in total. The fraction of sp³-hybridized carbons (Fsp3) is 0.529. The van der Waals surface area contributed by atoms with Gasteiger partial charge in [0.15, 0.2) is 0 Å². The second-order valence-corrected chi connectivity index (χ2v) is 5.95. The van der Waals surface area contributed by atoms with Gasteiger partial charge >= 0.3 is 0 Å². The molecular weight excluding hydrogens is 262 g/mol. The van der Waals surface area contributed by atoms with E-state index in [9.17, 15) is 4.79 Å². The van der Waals surface area contributed by atoms with Crippen molar-refractivity contribution in [1.82, 2.24) is 10.3 Å². The summed E-state index contributed by atoms with van der Waals surface area (Å²) in [5.41, 5.74) is 6.44. The average molecular weight is 283 g/mol. The molecule has 2 saturated carbocycles. The molecule has 0 aromatic carbocycles. The predicted octanol–water partition coefficient (Wildman–Crippen LogP) is 1.56. The maximum atomic E-state index is 12.3. The van der Waals surface area contributed by atoms with Crippen LogP contribution in [0.5, 0.6) is 0 Å². The first kappa shape index (κ1) is 14.1. The molecule has 1 aromatic rings. The second-order valence-electron chi connectivity index (χ2n) is 5.95. The molecule has 0 spiro atoms. The SMILES string of the molecule is NCC#Cc1cccnc1C(=O)NCC(C1CC1)C1CC1. The van der Waals surface area contributed by atoms with Crippen molar-refractivity contribution in [1.29, 1.82) is 0 Å². The van der Waals surface area contributed by atoms with Crippen molar-refractivity contribution < 1.29 is 4.79 Å². The van der Waals surface area contributed by atoms with E-state index < -0.39 is 0 Å². The van der Waals surface area contributed by atoms with Crippen molar-refractivity contribution in [3.8, 4) is 11.8 Å². The Morgan fingerprint density at radius 1 is 1.38 bits per heavy atom. The number of nitrogens with one attached hydrogen (secondary N) is 1. The molecule has 0 radical (unpaired) electrons. The molecule has 21 heavy (non-hydrogen) atoms. The Balaban J connectivity index is 1.64. The van der Waals surface area contributed by atoms with Crippen LogP contribution in [0.4, 0.5) is 0 Å². The van der Waals surface area contributed by atoms with Gasteiger partial charge in [-0.05, 0) is 55.6 Å². The summed E-state index contributed by atoms with van der Waals surface area (Å²) in [5, 5.41) is 3.06. The van der Waals surface area contributed by atoms with Crippen LogP contribution < -0.4 is 11.1 Å². The van der Waals surface area contributed by atoms with E-state index >= 15 is 0 Å². The van der Waals surface area contributed by atoms with Crippen LogP contribution in [0.2, 0.25) is 0 Å². The van der Waals surface area contributed by atoms with Crippen LogP contribution in [0.15, 0.2) is 18.3 Å². The summed E-state index contributed by atoms with van der Waals surface area (Å²) in [6.07, 6.45) is 6.94. The number of amides is 1. The summed E-state index contributed by atoms with van der Waals surface area (Å²) >= 11 is 0. The smallest absolute Gasteiger partial charge is 0.271 e. The summed E-state index contributed by atoms with van der Waals surface area (Å²) in [6.45, 7) is 1.05. The molecule has 0 unspecified atom stereocenters. The molecule has 2 aliphatic carbocycles. The summed E-state index contributed by atoms with van der Waals surface area (Å²) in [5.74, 6) is 7.90. The van der Waals surface area contributed by atoms with Gasteiger partial charge in [-0.3, -0.25) is 4.79 Å². The minimum Gasteiger partial charge on any atom is -0.350 e. The molecule has 0 saturated heterocycles. The molecule has 0 aliphatic heterocycles. The molecule has 0 bridgehead atoms. The van der Waals surface area contributed by atoms with Gasteiger partial charge < -0.3 is 11.1 Å². The lowest BCUT2D eigenvalue weighted by atomic mass is 9.98. The topological polar surface area (TPSA) is 68.0 Å². The molecule has 1 amide bonds. The molecule has 110 valence electrons. The lowest BCUT2D eigenvalue weighted by molar-refractivity contribution is 0.0938. The zero-order chi connectivity index (χ0) is 14.7. The van der Waals surface area contributed by atoms with Gasteiger partial charge in [0.2, 0.25) is 0 Å². The highest BCUT2D eigenvalue weighted by Gasteiger charge is 2.41. The van der Waals surface area contributed by atoms with Crippen molar-refractivity contribution in [2.24, 2.45) is 23.5 Å². The van der Waals surface area contributed by atoms with E-state index in [4.69, 9.17) is 5.73 Å². The normalized spacial score (nSPS) is 17.2. The van der Waals surface area contributed by atoms with Gasteiger partial charge in [-0.15, -0.1) is 0 Å². The molecule has 2 fully saturated rings. The summed E-state index contributed by atoms with van der Waals surface area (Å²) in [4.78, 5) is 16.5. The van der Waals surface area contributed by atoms with Crippen LogP contribution in [0.3, 0.4) is 0 Å². The first-order valence-corrected chi connectivity index (χ1v) is 7.71. The second kappa shape index (κ2) is 6.28. The highest BCUT2D eigenvalue weighted by Crippen LogP contribution is 2.48.